The van der Waals surface area contributed by atoms with E-state index < -0.39 is 0 Å². The Hall–Kier alpha value is -1.13. The lowest BCUT2D eigenvalue weighted by atomic mass is 9.90. The van der Waals surface area contributed by atoms with Crippen LogP contribution in [0.2, 0.25) is 5.02 Å². The van der Waals surface area contributed by atoms with Crippen LogP contribution in [0.15, 0.2) is 18.3 Å². The number of carbonyl (C=O) groups is 1. The maximum atomic E-state index is 12.5. The molecule has 0 bridgehead atoms. The number of carbonyl (C=O) groups excluding carboxylic acids is 1. The van der Waals surface area contributed by atoms with Crippen LogP contribution in [0.3, 0.4) is 0 Å². The maximum absolute atomic E-state index is 12.5. The average molecular weight is 282 g/mol. The zero-order chi connectivity index (χ0) is 13.8. The molecule has 0 aromatic carbocycles. The van der Waals surface area contributed by atoms with Crippen molar-refractivity contribution in [3.63, 3.8) is 0 Å². The fraction of sp³-hybridized carbons (Fsp3) is 0.571. The predicted octanol–water partition coefficient (Wildman–Crippen LogP) is 2.47. The van der Waals surface area contributed by atoms with Gasteiger partial charge in [-0.3, -0.25) is 4.79 Å². The summed E-state index contributed by atoms with van der Waals surface area (Å²) in [5.74, 6) is -0.0142. The molecule has 0 spiro atoms. The van der Waals surface area contributed by atoms with Crippen LogP contribution in [0.4, 0.5) is 0 Å². The molecule has 1 heterocycles. The summed E-state index contributed by atoms with van der Waals surface area (Å²) in [6, 6.07) is 3.96. The third kappa shape index (κ3) is 3.45. The van der Waals surface area contributed by atoms with Gasteiger partial charge >= 0.3 is 0 Å². The van der Waals surface area contributed by atoms with E-state index in [0.29, 0.717) is 23.3 Å². The lowest BCUT2D eigenvalue weighted by molar-refractivity contribution is 0.0634. The molecule has 4 nitrogen and oxygen atoms in total. The first kappa shape index (κ1) is 14.3. The number of hydrogen-bond acceptors (Lipinski definition) is 3. The van der Waals surface area contributed by atoms with Crippen molar-refractivity contribution in [1.82, 2.24) is 9.88 Å². The number of nitrogens with two attached hydrogens (primary N) is 1. The summed E-state index contributed by atoms with van der Waals surface area (Å²) >= 11 is 5.79. The molecule has 1 aliphatic carbocycles. The fourth-order valence-corrected chi connectivity index (χ4v) is 2.74. The Morgan fingerprint density at radius 2 is 2.11 bits per heavy atom. The fourth-order valence-electron chi connectivity index (χ4n) is 2.63. The summed E-state index contributed by atoms with van der Waals surface area (Å²) in [6.07, 6.45) is 5.45. The second kappa shape index (κ2) is 6.35. The minimum absolute atomic E-state index is 0.0142. The smallest absolute Gasteiger partial charge is 0.272 e. The van der Waals surface area contributed by atoms with Crippen LogP contribution in [0.5, 0.6) is 0 Å². The summed E-state index contributed by atoms with van der Waals surface area (Å²) in [5.41, 5.74) is 6.37. The third-order valence-electron chi connectivity index (χ3n) is 3.73. The number of nitrogens with zero attached hydrogens (tertiary/aromatic N) is 2. The number of amides is 1. The standard InChI is InChI=1S/C14H20ClN3O/c1-2-18(12-6-4-11(16)5-7-12)14(19)13-8-3-10(15)9-17-13/h3,8-9,11-12H,2,4-7,16H2,1H3. The van der Waals surface area contributed by atoms with Crippen LogP contribution in [0.1, 0.15) is 43.1 Å². The number of rotatable bonds is 3. The second-order valence-electron chi connectivity index (χ2n) is 5.02. The van der Waals surface area contributed by atoms with Crippen molar-refractivity contribution in [3.05, 3.63) is 29.0 Å². The molecule has 2 rings (SSSR count). The number of halogens is 1. The van der Waals surface area contributed by atoms with Crippen molar-refractivity contribution in [1.29, 1.82) is 0 Å². The molecular weight excluding hydrogens is 262 g/mol. The van der Waals surface area contributed by atoms with E-state index in [2.05, 4.69) is 4.98 Å². The van der Waals surface area contributed by atoms with E-state index in [-0.39, 0.29) is 11.9 Å². The summed E-state index contributed by atoms with van der Waals surface area (Å²) in [6.45, 7) is 2.70. The van der Waals surface area contributed by atoms with E-state index in [4.69, 9.17) is 17.3 Å². The lowest BCUT2D eigenvalue weighted by Gasteiger charge is -2.35. The van der Waals surface area contributed by atoms with Crippen LogP contribution in [0.25, 0.3) is 0 Å². The van der Waals surface area contributed by atoms with Gasteiger partial charge in [-0.05, 0) is 44.7 Å². The van der Waals surface area contributed by atoms with Gasteiger partial charge in [-0.15, -0.1) is 0 Å². The van der Waals surface area contributed by atoms with E-state index in [1.54, 1.807) is 12.1 Å². The van der Waals surface area contributed by atoms with Crippen LogP contribution >= 0.6 is 11.6 Å². The van der Waals surface area contributed by atoms with Crippen LogP contribution < -0.4 is 5.73 Å². The van der Waals surface area contributed by atoms with Gasteiger partial charge in [-0.1, -0.05) is 11.6 Å². The normalized spacial score (nSPS) is 23.1. The van der Waals surface area contributed by atoms with Gasteiger partial charge in [0.05, 0.1) is 5.02 Å². The van der Waals surface area contributed by atoms with Gasteiger partial charge < -0.3 is 10.6 Å². The first-order valence-corrected chi connectivity index (χ1v) is 7.17. The Kier molecular flexibility index (Phi) is 4.77. The van der Waals surface area contributed by atoms with E-state index in [9.17, 15) is 4.79 Å². The minimum atomic E-state index is -0.0142. The molecule has 1 saturated carbocycles. The Morgan fingerprint density at radius 1 is 1.42 bits per heavy atom. The minimum Gasteiger partial charge on any atom is -0.335 e. The van der Waals surface area contributed by atoms with Crippen LogP contribution in [-0.4, -0.2) is 34.4 Å². The first-order valence-electron chi connectivity index (χ1n) is 6.80. The number of hydrogen-bond donors (Lipinski definition) is 1. The molecule has 1 amide bonds. The quantitative estimate of drug-likeness (QED) is 0.926. The first-order chi connectivity index (χ1) is 9.11. The van der Waals surface area contributed by atoms with Crippen LogP contribution in [0, 0.1) is 0 Å². The summed E-state index contributed by atoms with van der Waals surface area (Å²) in [4.78, 5) is 18.5. The van der Waals surface area contributed by atoms with Gasteiger partial charge in [-0.25, -0.2) is 4.98 Å². The molecule has 104 valence electrons. The molecule has 0 radical (unpaired) electrons. The molecule has 19 heavy (non-hydrogen) atoms. The highest BCUT2D eigenvalue weighted by atomic mass is 35.5. The van der Waals surface area contributed by atoms with Crippen molar-refractivity contribution in [2.75, 3.05) is 6.54 Å². The Labute approximate surface area is 118 Å². The summed E-state index contributed by atoms with van der Waals surface area (Å²) in [5, 5.41) is 0.545. The highest BCUT2D eigenvalue weighted by Crippen LogP contribution is 2.23. The Balaban J connectivity index is 2.08. The van der Waals surface area contributed by atoms with Gasteiger partial charge in [0, 0.05) is 24.8 Å². The lowest BCUT2D eigenvalue weighted by Crippen LogP contribution is -2.44. The van der Waals surface area contributed by atoms with Gasteiger partial charge in [-0.2, -0.15) is 0 Å². The Morgan fingerprint density at radius 3 is 2.63 bits per heavy atom. The van der Waals surface area contributed by atoms with Crippen molar-refractivity contribution in [2.24, 2.45) is 5.73 Å². The van der Waals surface area contributed by atoms with Gasteiger partial charge in [0.2, 0.25) is 0 Å². The Bertz CT molecular complexity index is 427. The summed E-state index contributed by atoms with van der Waals surface area (Å²) in [7, 11) is 0. The van der Waals surface area contributed by atoms with E-state index in [1.807, 2.05) is 11.8 Å². The van der Waals surface area contributed by atoms with Gasteiger partial charge in [0.1, 0.15) is 5.69 Å². The van der Waals surface area contributed by atoms with Crippen LogP contribution in [-0.2, 0) is 0 Å². The molecule has 0 aliphatic heterocycles. The molecular formula is C14H20ClN3O. The van der Waals surface area contributed by atoms with Crippen molar-refractivity contribution in [2.45, 2.75) is 44.7 Å². The third-order valence-corrected chi connectivity index (χ3v) is 3.95. The van der Waals surface area contributed by atoms with E-state index in [0.717, 1.165) is 25.7 Å². The SMILES string of the molecule is CCN(C(=O)c1ccc(Cl)cn1)C1CCC(N)CC1. The van der Waals surface area contributed by atoms with Gasteiger partial charge in [0.15, 0.2) is 0 Å². The van der Waals surface area contributed by atoms with E-state index >= 15 is 0 Å². The molecule has 1 aromatic heterocycles. The van der Waals surface area contributed by atoms with Crippen molar-refractivity contribution in [3.8, 4) is 0 Å². The maximum Gasteiger partial charge on any atom is 0.272 e. The zero-order valence-electron chi connectivity index (χ0n) is 11.2. The van der Waals surface area contributed by atoms with Crippen molar-refractivity contribution < 1.29 is 4.79 Å². The predicted molar refractivity (Wildman–Crippen MR) is 76.2 cm³/mol. The number of pyridine rings is 1. The van der Waals surface area contributed by atoms with E-state index in [1.165, 1.54) is 6.20 Å². The molecule has 0 saturated heterocycles. The zero-order valence-corrected chi connectivity index (χ0v) is 11.9. The molecule has 0 atom stereocenters. The molecule has 0 unspecified atom stereocenters. The molecule has 1 fully saturated rings. The number of aromatic nitrogens is 1. The monoisotopic (exact) mass is 281 g/mol. The second-order valence-corrected chi connectivity index (χ2v) is 5.46. The largest absolute Gasteiger partial charge is 0.335 e. The topological polar surface area (TPSA) is 59.2 Å². The molecule has 1 aromatic rings. The van der Waals surface area contributed by atoms with Crippen molar-refractivity contribution >= 4 is 17.5 Å². The molecule has 2 N–H and O–H groups in total. The molecule has 1 aliphatic rings. The van der Waals surface area contributed by atoms with Gasteiger partial charge in [0.25, 0.3) is 5.91 Å². The summed E-state index contributed by atoms with van der Waals surface area (Å²) < 4.78 is 0. The highest BCUT2D eigenvalue weighted by molar-refractivity contribution is 6.30. The average Bonchev–Trinajstić information content (AvgIpc) is 2.42. The molecule has 5 heteroatoms. The highest BCUT2D eigenvalue weighted by Gasteiger charge is 2.27.